The quantitative estimate of drug-likeness (QED) is 0.204. The van der Waals surface area contributed by atoms with E-state index in [1.54, 1.807) is 6.20 Å². The van der Waals surface area contributed by atoms with Gasteiger partial charge in [0.15, 0.2) is 0 Å². The largest absolute Gasteiger partial charge is 0.487 e. The molecule has 0 spiro atoms. The van der Waals surface area contributed by atoms with E-state index in [1.807, 2.05) is 72.4 Å². The molecule has 1 aliphatic heterocycles. The average molecular weight is 574 g/mol. The molecule has 5 rings (SSSR count). The van der Waals surface area contributed by atoms with Crippen LogP contribution in [0.25, 0.3) is 0 Å². The fraction of sp³-hybridized carbons (Fsp3) is 0.375. The number of esters is 1. The fourth-order valence-electron chi connectivity index (χ4n) is 5.19. The summed E-state index contributed by atoms with van der Waals surface area (Å²) < 4.78 is 13.6. The maximum absolute atomic E-state index is 13.0. The Bertz CT molecular complexity index is 1440. The van der Waals surface area contributed by atoms with Crippen molar-refractivity contribution in [1.29, 1.82) is 0 Å². The predicted octanol–water partition coefficient (Wildman–Crippen LogP) is 5.98. The molecule has 0 saturated carbocycles. The maximum Gasteiger partial charge on any atom is 0.306 e. The minimum Gasteiger partial charge on any atom is -0.487 e. The van der Waals surface area contributed by atoms with Gasteiger partial charge in [-0.25, -0.2) is 0 Å². The summed E-state index contributed by atoms with van der Waals surface area (Å²) in [5.74, 6) is 0.542. The molecular formula is C32H36ClN5O3. The molecule has 8 nitrogen and oxygen atoms in total. The number of fused-ring (bicyclic) bond motifs is 1. The SMILES string of the molecule is CCn1cc(CCC(CC(=O)OCc2ccccc2)c2ccc(Cl)c(CN3Cc4ncccc4O[C@H](C)C3)c2)nn1. The normalized spacial score (nSPS) is 15.9. The van der Waals surface area contributed by atoms with Gasteiger partial charge in [0.2, 0.25) is 0 Å². The van der Waals surface area contributed by atoms with E-state index in [4.69, 9.17) is 21.1 Å². The minimum absolute atomic E-state index is 0.0195. The number of pyridine rings is 1. The summed E-state index contributed by atoms with van der Waals surface area (Å²) in [5, 5.41) is 9.17. The number of halogens is 1. The Hall–Kier alpha value is -3.75. The zero-order valence-electron chi connectivity index (χ0n) is 23.6. The van der Waals surface area contributed by atoms with Crippen LogP contribution in [0.3, 0.4) is 0 Å². The number of hydrogen-bond acceptors (Lipinski definition) is 7. The van der Waals surface area contributed by atoms with Crippen molar-refractivity contribution < 1.29 is 14.3 Å². The van der Waals surface area contributed by atoms with Crippen LogP contribution in [0.1, 0.15) is 60.7 Å². The van der Waals surface area contributed by atoms with E-state index in [-0.39, 0.29) is 31.0 Å². The first-order chi connectivity index (χ1) is 20.0. The molecule has 0 amide bonds. The van der Waals surface area contributed by atoms with Crippen molar-refractivity contribution in [1.82, 2.24) is 24.9 Å². The molecule has 2 atom stereocenters. The van der Waals surface area contributed by atoms with Crippen molar-refractivity contribution in [2.45, 2.75) is 71.4 Å². The van der Waals surface area contributed by atoms with Crippen LogP contribution in [0.5, 0.6) is 5.75 Å². The Morgan fingerprint density at radius 3 is 2.83 bits per heavy atom. The first-order valence-electron chi connectivity index (χ1n) is 14.2. The van der Waals surface area contributed by atoms with E-state index in [0.29, 0.717) is 24.5 Å². The Morgan fingerprint density at radius 1 is 1.17 bits per heavy atom. The standard InChI is InChI=1S/C32H36ClN5O3/c1-3-38-20-28(35-36-38)13-11-26(17-32(39)40-22-24-8-5-4-6-9-24)25-12-14-29(33)27(16-25)19-37-18-23(2)41-31-10-7-15-34-30(31)21-37/h4-10,12,14-16,20,23,26H,3,11,13,17-19,21-22H2,1-2H3/t23-,26?/m1/s1. The Kier molecular flexibility index (Phi) is 9.64. The van der Waals surface area contributed by atoms with Crippen molar-refractivity contribution in [3.05, 3.63) is 106 Å². The van der Waals surface area contributed by atoms with Crippen molar-refractivity contribution in [2.75, 3.05) is 6.54 Å². The summed E-state index contributed by atoms with van der Waals surface area (Å²) >= 11 is 6.73. The molecule has 4 aromatic rings. The highest BCUT2D eigenvalue weighted by Crippen LogP contribution is 2.31. The van der Waals surface area contributed by atoms with Gasteiger partial charge in [0.25, 0.3) is 0 Å². The second-order valence-corrected chi connectivity index (χ2v) is 11.0. The molecule has 2 aromatic carbocycles. The van der Waals surface area contributed by atoms with Gasteiger partial charge < -0.3 is 9.47 Å². The van der Waals surface area contributed by atoms with E-state index in [2.05, 4.69) is 33.2 Å². The number of benzene rings is 2. The molecule has 2 aromatic heterocycles. The van der Waals surface area contributed by atoms with E-state index in [0.717, 1.165) is 53.3 Å². The molecule has 0 bridgehead atoms. The minimum atomic E-state index is -0.228. The lowest BCUT2D eigenvalue weighted by Gasteiger charge is -2.23. The summed E-state index contributed by atoms with van der Waals surface area (Å²) in [6.45, 7) is 7.19. The number of aryl methyl sites for hydroxylation is 2. The van der Waals surface area contributed by atoms with Crippen LogP contribution >= 0.6 is 11.6 Å². The van der Waals surface area contributed by atoms with Crippen molar-refractivity contribution in [3.63, 3.8) is 0 Å². The van der Waals surface area contributed by atoms with Gasteiger partial charge in [0.05, 0.1) is 17.8 Å². The van der Waals surface area contributed by atoms with Crippen molar-refractivity contribution in [3.8, 4) is 5.75 Å². The zero-order valence-corrected chi connectivity index (χ0v) is 24.3. The molecule has 0 fully saturated rings. The summed E-state index contributed by atoms with van der Waals surface area (Å²) in [6.07, 6.45) is 5.48. The summed E-state index contributed by atoms with van der Waals surface area (Å²) in [4.78, 5) is 19.9. The second-order valence-electron chi connectivity index (χ2n) is 10.5. The van der Waals surface area contributed by atoms with Crippen LogP contribution in [0.15, 0.2) is 73.1 Å². The number of carbonyl (C=O) groups is 1. The van der Waals surface area contributed by atoms with Gasteiger partial charge in [-0.1, -0.05) is 59.3 Å². The smallest absolute Gasteiger partial charge is 0.306 e. The highest BCUT2D eigenvalue weighted by Gasteiger charge is 2.23. The Labute approximate surface area is 246 Å². The van der Waals surface area contributed by atoms with Gasteiger partial charge in [-0.15, -0.1) is 5.10 Å². The van der Waals surface area contributed by atoms with E-state index < -0.39 is 0 Å². The molecule has 41 heavy (non-hydrogen) atoms. The number of nitrogens with zero attached hydrogens (tertiary/aromatic N) is 5. The van der Waals surface area contributed by atoms with Gasteiger partial charge >= 0.3 is 5.97 Å². The van der Waals surface area contributed by atoms with Crippen molar-refractivity contribution in [2.24, 2.45) is 0 Å². The Morgan fingerprint density at radius 2 is 2.02 bits per heavy atom. The molecular weight excluding hydrogens is 538 g/mol. The number of carbonyl (C=O) groups excluding carboxylic acids is 1. The van der Waals surface area contributed by atoms with E-state index in [1.165, 1.54) is 0 Å². The number of ether oxygens (including phenoxy) is 2. The highest BCUT2D eigenvalue weighted by molar-refractivity contribution is 6.31. The van der Waals surface area contributed by atoms with Gasteiger partial charge in [-0.3, -0.25) is 19.4 Å². The Balaban J connectivity index is 1.33. The second kappa shape index (κ2) is 13.7. The topological polar surface area (TPSA) is 82.4 Å². The number of hydrogen-bond donors (Lipinski definition) is 0. The van der Waals surface area contributed by atoms with E-state index >= 15 is 0 Å². The third-order valence-electron chi connectivity index (χ3n) is 7.32. The monoisotopic (exact) mass is 573 g/mol. The lowest BCUT2D eigenvalue weighted by molar-refractivity contribution is -0.145. The third kappa shape index (κ3) is 7.93. The molecule has 214 valence electrons. The molecule has 0 aliphatic carbocycles. The summed E-state index contributed by atoms with van der Waals surface area (Å²) in [5.41, 5.74) is 4.86. The maximum atomic E-state index is 13.0. The molecule has 0 N–H and O–H groups in total. The van der Waals surface area contributed by atoms with Gasteiger partial charge in [0, 0.05) is 43.6 Å². The predicted molar refractivity (Wildman–Crippen MR) is 158 cm³/mol. The summed E-state index contributed by atoms with van der Waals surface area (Å²) in [6, 6.07) is 19.7. The molecule has 1 unspecified atom stereocenters. The van der Waals surface area contributed by atoms with Crippen LogP contribution in [0, 0.1) is 0 Å². The van der Waals surface area contributed by atoms with E-state index in [9.17, 15) is 4.79 Å². The van der Waals surface area contributed by atoms with Crippen LogP contribution in [0.2, 0.25) is 5.02 Å². The molecule has 0 saturated heterocycles. The number of aromatic nitrogens is 4. The molecule has 3 heterocycles. The molecule has 9 heteroatoms. The number of rotatable bonds is 11. The van der Waals surface area contributed by atoms with Crippen molar-refractivity contribution >= 4 is 17.6 Å². The highest BCUT2D eigenvalue weighted by atomic mass is 35.5. The average Bonchev–Trinajstić information content (AvgIpc) is 3.38. The third-order valence-corrected chi connectivity index (χ3v) is 7.68. The van der Waals surface area contributed by atoms with Gasteiger partial charge in [-0.05, 0) is 67.5 Å². The lowest BCUT2D eigenvalue weighted by atomic mass is 9.89. The van der Waals surface area contributed by atoms with Crippen LogP contribution in [-0.2, 0) is 42.2 Å². The first kappa shape index (κ1) is 28.8. The zero-order chi connectivity index (χ0) is 28.6. The molecule has 1 aliphatic rings. The van der Waals surface area contributed by atoms with Crippen LogP contribution in [-0.4, -0.2) is 43.5 Å². The first-order valence-corrected chi connectivity index (χ1v) is 14.5. The van der Waals surface area contributed by atoms with Gasteiger partial charge in [0.1, 0.15) is 18.5 Å². The van der Waals surface area contributed by atoms with Gasteiger partial charge in [-0.2, -0.15) is 0 Å². The lowest BCUT2D eigenvalue weighted by Crippen LogP contribution is -2.30. The summed E-state index contributed by atoms with van der Waals surface area (Å²) in [7, 11) is 0. The van der Waals surface area contributed by atoms with Crippen LogP contribution < -0.4 is 4.74 Å². The fourth-order valence-corrected chi connectivity index (χ4v) is 5.37. The van der Waals surface area contributed by atoms with Crippen LogP contribution in [0.4, 0.5) is 0 Å². The molecule has 0 radical (unpaired) electrons.